The van der Waals surface area contributed by atoms with Crippen LogP contribution in [0.3, 0.4) is 0 Å². The molecule has 0 bridgehead atoms. The first-order valence-corrected chi connectivity index (χ1v) is 6.19. The van der Waals surface area contributed by atoms with Crippen molar-refractivity contribution in [3.8, 4) is 0 Å². The molecule has 1 amide bonds. The molecule has 2 rings (SSSR count). The summed E-state index contributed by atoms with van der Waals surface area (Å²) in [7, 11) is 0. The van der Waals surface area contributed by atoms with E-state index in [1.165, 1.54) is 6.08 Å². The molecule has 2 heterocycles. The molecule has 0 saturated heterocycles. The van der Waals surface area contributed by atoms with Gasteiger partial charge < -0.3 is 9.73 Å². The molecule has 0 aliphatic rings. The number of hydrogen-bond donors (Lipinski definition) is 1. The van der Waals surface area contributed by atoms with Crippen LogP contribution in [0.4, 0.5) is 5.82 Å². The van der Waals surface area contributed by atoms with Crippen molar-refractivity contribution in [2.45, 2.75) is 20.4 Å². The Balaban J connectivity index is 1.97. The monoisotopic (exact) mass is 259 g/mol. The number of rotatable bonds is 5. The van der Waals surface area contributed by atoms with Crippen molar-refractivity contribution in [2.75, 3.05) is 5.32 Å². The van der Waals surface area contributed by atoms with Gasteiger partial charge in [0.05, 0.1) is 12.5 Å². The maximum absolute atomic E-state index is 11.8. The number of carbonyl (C=O) groups excluding carboxylic acids is 1. The summed E-state index contributed by atoms with van der Waals surface area (Å²) in [5.41, 5.74) is 0. The molecule has 0 fully saturated rings. The molecule has 0 aromatic carbocycles. The third-order valence-corrected chi connectivity index (χ3v) is 2.45. The lowest BCUT2D eigenvalue weighted by molar-refractivity contribution is -0.111. The van der Waals surface area contributed by atoms with E-state index in [-0.39, 0.29) is 5.91 Å². The number of hydrogen-bond acceptors (Lipinski definition) is 3. The maximum Gasteiger partial charge on any atom is 0.249 e. The van der Waals surface area contributed by atoms with Gasteiger partial charge in [0.15, 0.2) is 0 Å². The molecule has 2 aromatic rings. The Bertz CT molecular complexity index is 553. The molecule has 1 N–H and O–H groups in total. The van der Waals surface area contributed by atoms with E-state index in [0.717, 1.165) is 6.54 Å². The molecule has 0 aliphatic heterocycles. The molecule has 0 aliphatic carbocycles. The number of carbonyl (C=O) groups is 1. The first-order chi connectivity index (χ1) is 9.15. The molecule has 5 nitrogen and oxygen atoms in total. The second-order valence-corrected chi connectivity index (χ2v) is 4.63. The van der Waals surface area contributed by atoms with E-state index in [1.807, 2.05) is 0 Å². The summed E-state index contributed by atoms with van der Waals surface area (Å²) in [6.45, 7) is 4.97. The van der Waals surface area contributed by atoms with Crippen LogP contribution in [0.1, 0.15) is 19.6 Å². The van der Waals surface area contributed by atoms with Gasteiger partial charge >= 0.3 is 0 Å². The van der Waals surface area contributed by atoms with Gasteiger partial charge in [0.1, 0.15) is 11.6 Å². The van der Waals surface area contributed by atoms with Gasteiger partial charge in [-0.3, -0.25) is 4.79 Å². The summed E-state index contributed by atoms with van der Waals surface area (Å²) < 4.78 is 6.89. The van der Waals surface area contributed by atoms with Crippen molar-refractivity contribution < 1.29 is 9.21 Å². The molecular weight excluding hydrogens is 242 g/mol. The highest BCUT2D eigenvalue weighted by Crippen LogP contribution is 2.09. The second kappa shape index (κ2) is 6.04. The summed E-state index contributed by atoms with van der Waals surface area (Å²) in [5, 5.41) is 6.97. The number of nitrogens with zero attached hydrogens (tertiary/aromatic N) is 2. The van der Waals surface area contributed by atoms with Crippen LogP contribution in [-0.4, -0.2) is 15.7 Å². The lowest BCUT2D eigenvalue weighted by Gasteiger charge is -2.09. The Labute approximate surface area is 111 Å². The predicted molar refractivity (Wildman–Crippen MR) is 73.4 cm³/mol. The molecule has 0 atom stereocenters. The van der Waals surface area contributed by atoms with E-state index in [2.05, 4.69) is 24.3 Å². The average molecular weight is 259 g/mol. The van der Waals surface area contributed by atoms with Crippen molar-refractivity contribution in [3.63, 3.8) is 0 Å². The van der Waals surface area contributed by atoms with E-state index < -0.39 is 0 Å². The van der Waals surface area contributed by atoms with Crippen LogP contribution in [0.2, 0.25) is 0 Å². The molecule has 0 radical (unpaired) electrons. The van der Waals surface area contributed by atoms with Crippen LogP contribution in [-0.2, 0) is 11.3 Å². The SMILES string of the molecule is CC(C)Cn1nccc1NC(=O)/C=C/c1ccco1. The van der Waals surface area contributed by atoms with Crippen LogP contribution < -0.4 is 5.32 Å². The van der Waals surface area contributed by atoms with E-state index >= 15 is 0 Å². The minimum absolute atomic E-state index is 0.207. The van der Waals surface area contributed by atoms with Gasteiger partial charge in [-0.15, -0.1) is 0 Å². The van der Waals surface area contributed by atoms with Crippen molar-refractivity contribution in [2.24, 2.45) is 5.92 Å². The minimum Gasteiger partial charge on any atom is -0.465 e. The van der Waals surface area contributed by atoms with Crippen molar-refractivity contribution in [1.82, 2.24) is 9.78 Å². The fourth-order valence-corrected chi connectivity index (χ4v) is 1.64. The summed E-state index contributed by atoms with van der Waals surface area (Å²) >= 11 is 0. The van der Waals surface area contributed by atoms with E-state index in [1.54, 1.807) is 41.4 Å². The molecule has 100 valence electrons. The normalized spacial score (nSPS) is 11.3. The molecule has 0 saturated carbocycles. The van der Waals surface area contributed by atoms with Gasteiger partial charge in [-0.2, -0.15) is 5.10 Å². The molecule has 2 aromatic heterocycles. The van der Waals surface area contributed by atoms with Crippen molar-refractivity contribution in [1.29, 1.82) is 0 Å². The molecule has 0 unspecified atom stereocenters. The van der Waals surface area contributed by atoms with Crippen LogP contribution in [0.5, 0.6) is 0 Å². The van der Waals surface area contributed by atoms with E-state index in [4.69, 9.17) is 4.42 Å². The van der Waals surface area contributed by atoms with E-state index in [0.29, 0.717) is 17.5 Å². The first-order valence-electron chi connectivity index (χ1n) is 6.19. The minimum atomic E-state index is -0.207. The maximum atomic E-state index is 11.8. The third kappa shape index (κ3) is 3.84. The van der Waals surface area contributed by atoms with Crippen LogP contribution in [0, 0.1) is 5.92 Å². The van der Waals surface area contributed by atoms with Gasteiger partial charge in [-0.25, -0.2) is 4.68 Å². The molecule has 0 spiro atoms. The summed E-state index contributed by atoms with van der Waals surface area (Å²) in [6, 6.07) is 5.34. The molecule has 5 heteroatoms. The van der Waals surface area contributed by atoms with Gasteiger partial charge in [0.2, 0.25) is 5.91 Å². The zero-order chi connectivity index (χ0) is 13.7. The Morgan fingerprint density at radius 3 is 3.05 bits per heavy atom. The zero-order valence-electron chi connectivity index (χ0n) is 11.0. The number of nitrogens with one attached hydrogen (secondary N) is 1. The summed E-state index contributed by atoms with van der Waals surface area (Å²) in [4.78, 5) is 11.8. The van der Waals surface area contributed by atoms with Crippen LogP contribution >= 0.6 is 0 Å². The Hall–Kier alpha value is -2.30. The standard InChI is InChI=1S/C14H17N3O2/c1-11(2)10-17-13(7-8-15-17)16-14(18)6-5-12-4-3-9-19-12/h3-9,11H,10H2,1-2H3,(H,16,18)/b6-5+. The second-order valence-electron chi connectivity index (χ2n) is 4.63. The number of anilines is 1. The van der Waals surface area contributed by atoms with Crippen molar-refractivity contribution >= 4 is 17.8 Å². The Morgan fingerprint density at radius 1 is 1.53 bits per heavy atom. The zero-order valence-corrected chi connectivity index (χ0v) is 11.0. The highest BCUT2D eigenvalue weighted by atomic mass is 16.3. The number of furan rings is 1. The highest BCUT2D eigenvalue weighted by molar-refractivity contribution is 6.01. The third-order valence-electron chi connectivity index (χ3n) is 2.45. The lowest BCUT2D eigenvalue weighted by Crippen LogP contribution is -2.15. The van der Waals surface area contributed by atoms with Crippen LogP contribution in [0.25, 0.3) is 6.08 Å². The van der Waals surface area contributed by atoms with Gasteiger partial charge in [0, 0.05) is 18.7 Å². The average Bonchev–Trinajstić information content (AvgIpc) is 2.98. The largest absolute Gasteiger partial charge is 0.465 e. The van der Waals surface area contributed by atoms with Crippen molar-refractivity contribution in [3.05, 3.63) is 42.5 Å². The smallest absolute Gasteiger partial charge is 0.249 e. The fraction of sp³-hybridized carbons (Fsp3) is 0.286. The topological polar surface area (TPSA) is 60.1 Å². The summed E-state index contributed by atoms with van der Waals surface area (Å²) in [5.74, 6) is 1.60. The van der Waals surface area contributed by atoms with Gasteiger partial charge in [0.25, 0.3) is 0 Å². The Morgan fingerprint density at radius 2 is 2.37 bits per heavy atom. The quantitative estimate of drug-likeness (QED) is 0.840. The Kier molecular flexibility index (Phi) is 4.18. The number of aromatic nitrogens is 2. The fourth-order valence-electron chi connectivity index (χ4n) is 1.64. The first kappa shape index (κ1) is 13.1. The lowest BCUT2D eigenvalue weighted by atomic mass is 10.2. The highest BCUT2D eigenvalue weighted by Gasteiger charge is 2.06. The molecule has 19 heavy (non-hydrogen) atoms. The summed E-state index contributed by atoms with van der Waals surface area (Å²) in [6.07, 6.45) is 6.30. The van der Waals surface area contributed by atoms with E-state index in [9.17, 15) is 4.79 Å². The number of amides is 1. The van der Waals surface area contributed by atoms with Crippen LogP contribution in [0.15, 0.2) is 41.2 Å². The molecular formula is C14H17N3O2. The van der Waals surface area contributed by atoms with Gasteiger partial charge in [-0.05, 0) is 24.1 Å². The van der Waals surface area contributed by atoms with Gasteiger partial charge in [-0.1, -0.05) is 13.8 Å². The predicted octanol–water partition coefficient (Wildman–Crippen LogP) is 2.78.